The van der Waals surface area contributed by atoms with Crippen molar-refractivity contribution in [2.75, 3.05) is 7.05 Å². The lowest BCUT2D eigenvalue weighted by molar-refractivity contribution is -0.192. The van der Waals surface area contributed by atoms with Gasteiger partial charge in [0.25, 0.3) is 0 Å². The van der Waals surface area contributed by atoms with Gasteiger partial charge in [0, 0.05) is 12.6 Å². The number of hydrogen-bond acceptors (Lipinski definition) is 2. The van der Waals surface area contributed by atoms with Crippen LogP contribution in [0.2, 0.25) is 0 Å². The minimum Gasteiger partial charge on any atom is -0.348 e. The Kier molecular flexibility index (Phi) is 2.91. The Labute approximate surface area is 100 Å². The summed E-state index contributed by atoms with van der Waals surface area (Å²) in [7, 11) is 1.70. The van der Waals surface area contributed by atoms with E-state index in [1.807, 2.05) is 13.8 Å². The summed E-state index contributed by atoms with van der Waals surface area (Å²) >= 11 is 0. The monoisotopic (exact) mass is 237 g/mol. The predicted molar refractivity (Wildman–Crippen MR) is 61.7 cm³/mol. The summed E-state index contributed by atoms with van der Waals surface area (Å²) in [5.41, 5.74) is 0.304. The maximum absolute atomic E-state index is 12.9. The molecule has 1 fully saturated rings. The van der Waals surface area contributed by atoms with E-state index in [1.54, 1.807) is 24.1 Å². The lowest BCUT2D eigenvalue weighted by Crippen LogP contribution is -2.47. The van der Waals surface area contributed by atoms with Crippen LogP contribution >= 0.6 is 0 Å². The van der Waals surface area contributed by atoms with Crippen molar-refractivity contribution in [1.82, 2.24) is 4.90 Å². The van der Waals surface area contributed by atoms with Crippen molar-refractivity contribution in [2.24, 2.45) is 0 Å². The fraction of sp³-hybridized carbons (Fsp3) is 0.462. The molecule has 1 aromatic carbocycles. The molecular formula is C13H16FNO2. The number of rotatable bonds is 1. The first kappa shape index (κ1) is 12.0. The molecular weight excluding hydrogens is 221 g/mol. The molecule has 1 atom stereocenters. The van der Waals surface area contributed by atoms with Crippen LogP contribution < -0.4 is 0 Å². The zero-order chi connectivity index (χ0) is 12.6. The Morgan fingerprint density at radius 3 is 2.53 bits per heavy atom. The van der Waals surface area contributed by atoms with Crippen LogP contribution in [0.25, 0.3) is 0 Å². The van der Waals surface area contributed by atoms with E-state index in [1.165, 1.54) is 12.1 Å². The highest BCUT2D eigenvalue weighted by molar-refractivity contribution is 5.78. The molecule has 0 spiro atoms. The van der Waals surface area contributed by atoms with Crippen molar-refractivity contribution in [2.45, 2.75) is 32.1 Å². The molecule has 1 aliphatic heterocycles. The van der Waals surface area contributed by atoms with Crippen molar-refractivity contribution in [3.63, 3.8) is 0 Å². The molecule has 17 heavy (non-hydrogen) atoms. The van der Waals surface area contributed by atoms with Crippen LogP contribution in [-0.4, -0.2) is 23.5 Å². The van der Waals surface area contributed by atoms with Gasteiger partial charge in [-0.3, -0.25) is 4.79 Å². The highest BCUT2D eigenvalue weighted by atomic mass is 19.1. The quantitative estimate of drug-likeness (QED) is 0.751. The maximum atomic E-state index is 12.9. The first-order chi connectivity index (χ1) is 7.89. The summed E-state index contributed by atoms with van der Waals surface area (Å²) in [6, 6.07) is 6.04. The van der Waals surface area contributed by atoms with Gasteiger partial charge < -0.3 is 9.64 Å². The van der Waals surface area contributed by atoms with Gasteiger partial charge in [-0.05, 0) is 26.0 Å². The topological polar surface area (TPSA) is 29.5 Å². The van der Waals surface area contributed by atoms with E-state index in [0.29, 0.717) is 6.42 Å². The van der Waals surface area contributed by atoms with Gasteiger partial charge in [-0.1, -0.05) is 12.1 Å². The SMILES string of the molecule is CN1C(=O)CC(C)(C)OC1c1ccc(F)cc1. The zero-order valence-corrected chi connectivity index (χ0v) is 10.2. The third-order valence-corrected chi connectivity index (χ3v) is 2.91. The highest BCUT2D eigenvalue weighted by Gasteiger charge is 2.37. The van der Waals surface area contributed by atoms with E-state index < -0.39 is 11.8 Å². The molecule has 0 aromatic heterocycles. The molecule has 3 nitrogen and oxygen atoms in total. The molecule has 1 saturated heterocycles. The molecule has 1 amide bonds. The molecule has 1 aromatic rings. The normalized spacial score (nSPS) is 23.9. The van der Waals surface area contributed by atoms with Gasteiger partial charge in [-0.2, -0.15) is 0 Å². The van der Waals surface area contributed by atoms with Crippen LogP contribution in [0.3, 0.4) is 0 Å². The Morgan fingerprint density at radius 1 is 1.35 bits per heavy atom. The second kappa shape index (κ2) is 4.11. The number of carbonyl (C=O) groups is 1. The number of hydrogen-bond donors (Lipinski definition) is 0. The van der Waals surface area contributed by atoms with Gasteiger partial charge in [0.2, 0.25) is 5.91 Å². The van der Waals surface area contributed by atoms with Crippen LogP contribution in [0.1, 0.15) is 32.1 Å². The van der Waals surface area contributed by atoms with Crippen LogP contribution in [0.4, 0.5) is 4.39 Å². The minimum atomic E-state index is -0.483. The lowest BCUT2D eigenvalue weighted by atomic mass is 10.00. The molecule has 4 heteroatoms. The largest absolute Gasteiger partial charge is 0.348 e. The fourth-order valence-corrected chi connectivity index (χ4v) is 1.96. The lowest BCUT2D eigenvalue weighted by Gasteiger charge is -2.41. The molecule has 0 radical (unpaired) electrons. The van der Waals surface area contributed by atoms with Crippen molar-refractivity contribution < 1.29 is 13.9 Å². The molecule has 0 bridgehead atoms. The van der Waals surface area contributed by atoms with Crippen LogP contribution in [-0.2, 0) is 9.53 Å². The van der Waals surface area contributed by atoms with Gasteiger partial charge in [-0.15, -0.1) is 0 Å². The molecule has 1 aliphatic rings. The predicted octanol–water partition coefficient (Wildman–Crippen LogP) is 2.48. The molecule has 92 valence electrons. The zero-order valence-electron chi connectivity index (χ0n) is 10.2. The average Bonchev–Trinajstić information content (AvgIpc) is 2.24. The van der Waals surface area contributed by atoms with Gasteiger partial charge in [0.15, 0.2) is 6.23 Å². The maximum Gasteiger partial charge on any atom is 0.227 e. The van der Waals surface area contributed by atoms with E-state index in [4.69, 9.17) is 4.74 Å². The second-order valence-corrected chi connectivity index (χ2v) is 4.96. The van der Waals surface area contributed by atoms with Crippen molar-refractivity contribution >= 4 is 5.91 Å². The Morgan fingerprint density at radius 2 is 1.94 bits per heavy atom. The summed E-state index contributed by atoms with van der Waals surface area (Å²) in [6.45, 7) is 3.77. The first-order valence-corrected chi connectivity index (χ1v) is 5.58. The summed E-state index contributed by atoms with van der Waals surface area (Å²) in [5, 5.41) is 0. The Balaban J connectivity index is 2.30. The Hall–Kier alpha value is -1.42. The summed E-state index contributed by atoms with van der Waals surface area (Å²) < 4.78 is 18.7. The first-order valence-electron chi connectivity index (χ1n) is 5.58. The fourth-order valence-electron chi connectivity index (χ4n) is 1.96. The van der Waals surface area contributed by atoms with E-state index in [-0.39, 0.29) is 11.7 Å². The molecule has 1 heterocycles. The summed E-state index contributed by atoms with van der Waals surface area (Å²) in [4.78, 5) is 13.4. The molecule has 0 N–H and O–H groups in total. The smallest absolute Gasteiger partial charge is 0.227 e. The van der Waals surface area contributed by atoms with Gasteiger partial charge in [0.1, 0.15) is 5.82 Å². The average molecular weight is 237 g/mol. The number of ether oxygens (including phenoxy) is 1. The second-order valence-electron chi connectivity index (χ2n) is 4.96. The van der Waals surface area contributed by atoms with E-state index >= 15 is 0 Å². The molecule has 0 aliphatic carbocycles. The van der Waals surface area contributed by atoms with Gasteiger partial charge in [0.05, 0.1) is 12.0 Å². The summed E-state index contributed by atoms with van der Waals surface area (Å²) in [6.07, 6.45) is -0.0758. The molecule has 2 rings (SSSR count). The van der Waals surface area contributed by atoms with Crippen molar-refractivity contribution in [3.8, 4) is 0 Å². The summed E-state index contributed by atoms with van der Waals surface area (Å²) in [5.74, 6) is -0.256. The Bertz CT molecular complexity index is 428. The van der Waals surface area contributed by atoms with Crippen molar-refractivity contribution in [1.29, 1.82) is 0 Å². The van der Waals surface area contributed by atoms with Gasteiger partial charge in [-0.25, -0.2) is 4.39 Å². The number of nitrogens with zero attached hydrogens (tertiary/aromatic N) is 1. The number of amides is 1. The molecule has 1 unspecified atom stereocenters. The highest BCUT2D eigenvalue weighted by Crippen LogP contribution is 2.34. The van der Waals surface area contributed by atoms with E-state index in [0.717, 1.165) is 5.56 Å². The third-order valence-electron chi connectivity index (χ3n) is 2.91. The third kappa shape index (κ3) is 2.47. The molecule has 0 saturated carbocycles. The standard InChI is InChI=1S/C13H16FNO2/c1-13(2)8-11(16)15(3)12(17-13)9-4-6-10(14)7-5-9/h4-7,12H,8H2,1-3H3. The number of halogens is 1. The van der Waals surface area contributed by atoms with Crippen LogP contribution in [0.5, 0.6) is 0 Å². The number of benzene rings is 1. The number of carbonyl (C=O) groups excluding carboxylic acids is 1. The minimum absolute atomic E-state index is 0.0376. The van der Waals surface area contributed by atoms with E-state index in [2.05, 4.69) is 0 Å². The van der Waals surface area contributed by atoms with Gasteiger partial charge >= 0.3 is 0 Å². The van der Waals surface area contributed by atoms with Crippen LogP contribution in [0, 0.1) is 5.82 Å². The van der Waals surface area contributed by atoms with E-state index in [9.17, 15) is 9.18 Å². The van der Waals surface area contributed by atoms with Crippen LogP contribution in [0.15, 0.2) is 24.3 Å². The van der Waals surface area contributed by atoms with Crippen molar-refractivity contribution in [3.05, 3.63) is 35.6 Å².